The van der Waals surface area contributed by atoms with Gasteiger partial charge in [0.2, 0.25) is 5.91 Å². The van der Waals surface area contributed by atoms with Gasteiger partial charge in [0, 0.05) is 13.5 Å². The van der Waals surface area contributed by atoms with E-state index < -0.39 is 5.97 Å². The van der Waals surface area contributed by atoms with Gasteiger partial charge >= 0.3 is 5.97 Å². The molecule has 1 amide bonds. The van der Waals surface area contributed by atoms with Crippen molar-refractivity contribution in [1.82, 2.24) is 5.32 Å². The second-order valence-corrected chi connectivity index (χ2v) is 6.52. The number of halogens is 2. The Balaban J connectivity index is 1.87. The molecule has 1 aromatic rings. The molecule has 0 unspecified atom stereocenters. The van der Waals surface area contributed by atoms with E-state index in [2.05, 4.69) is 5.32 Å². The topological polar surface area (TPSA) is 92.3 Å². The number of esters is 1. The zero-order valence-electron chi connectivity index (χ0n) is 16.4. The summed E-state index contributed by atoms with van der Waals surface area (Å²) in [7, 11) is 0. The highest BCUT2D eigenvalue weighted by molar-refractivity contribution is 6.37. The first-order chi connectivity index (χ1) is 14.0. The molecule has 1 N–H and O–H groups in total. The van der Waals surface area contributed by atoms with E-state index in [0.29, 0.717) is 52.8 Å². The maximum atomic E-state index is 11.8. The van der Waals surface area contributed by atoms with Crippen molar-refractivity contribution in [2.45, 2.75) is 13.3 Å². The lowest BCUT2D eigenvalue weighted by Gasteiger charge is -2.09. The van der Waals surface area contributed by atoms with E-state index in [9.17, 15) is 9.59 Å². The van der Waals surface area contributed by atoms with E-state index in [1.165, 1.54) is 6.92 Å². The Kier molecular flexibility index (Phi) is 14.5. The summed E-state index contributed by atoms with van der Waals surface area (Å²) >= 11 is 11.9. The molecule has 0 spiro atoms. The third-order valence-electron chi connectivity index (χ3n) is 3.32. The van der Waals surface area contributed by atoms with E-state index in [1.54, 1.807) is 18.2 Å². The minimum Gasteiger partial charge on any atom is -0.423 e. The number of carbonyl (C=O) groups excluding carboxylic acids is 2. The highest BCUT2D eigenvalue weighted by atomic mass is 35.5. The third kappa shape index (κ3) is 13.4. The van der Waals surface area contributed by atoms with Crippen molar-refractivity contribution in [1.29, 1.82) is 0 Å². The fourth-order valence-electron chi connectivity index (χ4n) is 1.96. The van der Waals surface area contributed by atoms with Crippen LogP contribution in [-0.2, 0) is 28.5 Å². The predicted molar refractivity (Wildman–Crippen MR) is 109 cm³/mol. The molecular formula is C19H27Cl2NO7. The molecule has 0 aliphatic heterocycles. The molecule has 0 heterocycles. The van der Waals surface area contributed by atoms with Gasteiger partial charge in [-0.1, -0.05) is 29.3 Å². The number of carbonyl (C=O) groups is 2. The van der Waals surface area contributed by atoms with Crippen LogP contribution >= 0.6 is 23.2 Å². The predicted octanol–water partition coefficient (Wildman–Crippen LogP) is 2.49. The van der Waals surface area contributed by atoms with Crippen molar-refractivity contribution >= 4 is 35.1 Å². The second kappa shape index (κ2) is 16.4. The Bertz CT molecular complexity index is 596. The van der Waals surface area contributed by atoms with Gasteiger partial charge in [-0.15, -0.1) is 0 Å². The molecule has 0 aliphatic rings. The monoisotopic (exact) mass is 451 g/mol. The minimum absolute atomic E-state index is 0.0760. The van der Waals surface area contributed by atoms with Crippen LogP contribution in [0.1, 0.15) is 13.3 Å². The Labute approximate surface area is 180 Å². The molecule has 0 fully saturated rings. The van der Waals surface area contributed by atoms with Gasteiger partial charge in [0.05, 0.1) is 69.3 Å². The normalized spacial score (nSPS) is 10.7. The van der Waals surface area contributed by atoms with Gasteiger partial charge in [-0.05, 0) is 12.1 Å². The Morgan fingerprint density at radius 2 is 1.31 bits per heavy atom. The number of hydrogen-bond acceptors (Lipinski definition) is 7. The molecule has 0 atom stereocenters. The van der Waals surface area contributed by atoms with E-state index in [-0.39, 0.29) is 34.7 Å². The average Bonchev–Trinajstić information content (AvgIpc) is 2.67. The summed E-state index contributed by atoms with van der Waals surface area (Å²) < 4.78 is 26.4. The van der Waals surface area contributed by atoms with Crippen molar-refractivity contribution < 1.29 is 33.3 Å². The van der Waals surface area contributed by atoms with Gasteiger partial charge in [0.25, 0.3) is 0 Å². The van der Waals surface area contributed by atoms with Crippen LogP contribution in [0.3, 0.4) is 0 Å². The molecule has 0 saturated carbocycles. The third-order valence-corrected chi connectivity index (χ3v) is 3.92. The van der Waals surface area contributed by atoms with Crippen molar-refractivity contribution in [3.8, 4) is 5.75 Å². The molecule has 8 nitrogen and oxygen atoms in total. The van der Waals surface area contributed by atoms with Crippen molar-refractivity contribution in [2.24, 2.45) is 0 Å². The fraction of sp³-hybridized carbons (Fsp3) is 0.579. The van der Waals surface area contributed by atoms with Crippen LogP contribution < -0.4 is 10.1 Å². The summed E-state index contributed by atoms with van der Waals surface area (Å²) in [4.78, 5) is 22.4. The van der Waals surface area contributed by atoms with Crippen LogP contribution in [0.2, 0.25) is 10.0 Å². The summed E-state index contributed by atoms with van der Waals surface area (Å²) in [6.45, 7) is 5.14. The SMILES string of the molecule is CC(=O)NCCOCCOCCOCCOCCC(=O)Oc1c(Cl)cccc1Cl. The van der Waals surface area contributed by atoms with Gasteiger partial charge in [0.1, 0.15) is 0 Å². The summed E-state index contributed by atoms with van der Waals surface area (Å²) in [5, 5.41) is 3.19. The lowest BCUT2D eigenvalue weighted by molar-refractivity contribution is -0.135. The molecule has 10 heteroatoms. The van der Waals surface area contributed by atoms with Crippen LogP contribution in [0.5, 0.6) is 5.75 Å². The van der Waals surface area contributed by atoms with Gasteiger partial charge in [-0.3, -0.25) is 9.59 Å². The number of rotatable bonds is 16. The Morgan fingerprint density at radius 1 is 0.828 bits per heavy atom. The highest BCUT2D eigenvalue weighted by Gasteiger charge is 2.11. The molecule has 1 aromatic carbocycles. The van der Waals surface area contributed by atoms with E-state index in [0.717, 1.165) is 0 Å². The van der Waals surface area contributed by atoms with Crippen molar-refractivity contribution in [2.75, 3.05) is 59.4 Å². The van der Waals surface area contributed by atoms with Gasteiger partial charge in [0.15, 0.2) is 5.75 Å². The zero-order chi connectivity index (χ0) is 21.3. The van der Waals surface area contributed by atoms with Crippen LogP contribution in [0.25, 0.3) is 0 Å². The Morgan fingerprint density at radius 3 is 1.83 bits per heavy atom. The summed E-state index contributed by atoms with van der Waals surface area (Å²) in [5.41, 5.74) is 0. The molecule has 0 radical (unpaired) electrons. The smallest absolute Gasteiger partial charge is 0.313 e. The summed E-state index contributed by atoms with van der Waals surface area (Å²) in [6.07, 6.45) is 0.0760. The zero-order valence-corrected chi connectivity index (χ0v) is 17.9. The van der Waals surface area contributed by atoms with Gasteiger partial charge in [-0.25, -0.2) is 0 Å². The van der Waals surface area contributed by atoms with Crippen LogP contribution in [0.4, 0.5) is 0 Å². The molecule has 0 aromatic heterocycles. The number of ether oxygens (including phenoxy) is 5. The largest absolute Gasteiger partial charge is 0.423 e. The molecule has 29 heavy (non-hydrogen) atoms. The number of hydrogen-bond donors (Lipinski definition) is 1. The van der Waals surface area contributed by atoms with Crippen LogP contribution in [0, 0.1) is 0 Å². The lowest BCUT2D eigenvalue weighted by atomic mass is 10.3. The second-order valence-electron chi connectivity index (χ2n) is 5.71. The standard InChI is InChI=1S/C19H27Cl2NO7/c1-15(23)22-6-8-26-10-12-28-14-13-27-11-9-25-7-5-18(24)29-19-16(20)3-2-4-17(19)21/h2-4H,5-14H2,1H3,(H,22,23). The lowest BCUT2D eigenvalue weighted by Crippen LogP contribution is -2.25. The molecular weight excluding hydrogens is 425 g/mol. The summed E-state index contributed by atoms with van der Waals surface area (Å²) in [6, 6.07) is 4.85. The van der Waals surface area contributed by atoms with Crippen LogP contribution in [0.15, 0.2) is 18.2 Å². The maximum Gasteiger partial charge on any atom is 0.313 e. The van der Waals surface area contributed by atoms with Crippen molar-refractivity contribution in [3.05, 3.63) is 28.2 Å². The average molecular weight is 452 g/mol. The molecule has 1 rings (SSSR count). The number of para-hydroxylation sites is 1. The van der Waals surface area contributed by atoms with E-state index in [1.807, 2.05) is 0 Å². The fourth-order valence-corrected chi connectivity index (χ4v) is 2.44. The first kappa shape index (κ1) is 25.6. The number of amides is 1. The van der Waals surface area contributed by atoms with E-state index >= 15 is 0 Å². The number of benzene rings is 1. The Hall–Kier alpha value is -1.42. The molecule has 0 aliphatic carbocycles. The maximum absolute atomic E-state index is 11.8. The van der Waals surface area contributed by atoms with Crippen molar-refractivity contribution in [3.63, 3.8) is 0 Å². The first-order valence-electron chi connectivity index (χ1n) is 9.20. The van der Waals surface area contributed by atoms with Gasteiger partial charge in [-0.2, -0.15) is 0 Å². The van der Waals surface area contributed by atoms with E-state index in [4.69, 9.17) is 46.9 Å². The van der Waals surface area contributed by atoms with Crippen LogP contribution in [-0.4, -0.2) is 71.3 Å². The highest BCUT2D eigenvalue weighted by Crippen LogP contribution is 2.32. The minimum atomic E-state index is -0.478. The van der Waals surface area contributed by atoms with Gasteiger partial charge < -0.3 is 29.0 Å². The molecule has 164 valence electrons. The number of nitrogens with one attached hydrogen (secondary N) is 1. The molecule has 0 bridgehead atoms. The quantitative estimate of drug-likeness (QED) is 0.234. The first-order valence-corrected chi connectivity index (χ1v) is 9.96. The molecule has 0 saturated heterocycles. The summed E-state index contributed by atoms with van der Waals surface area (Å²) in [5.74, 6) is -0.399.